The number of amides is 3. The molecule has 3 aromatic carbocycles. The van der Waals surface area contributed by atoms with Crippen LogP contribution in [0, 0.1) is 11.8 Å². The molecule has 3 amide bonds. The quantitative estimate of drug-likeness (QED) is 0.485. The number of hydrogen-bond acceptors (Lipinski definition) is 5. The Morgan fingerprint density at radius 2 is 1.64 bits per heavy atom. The molecule has 0 bridgehead atoms. The standard InChI is InChI=1S/C29H22F3N3O4/c1-39-20-11-9-18(10-12-20)33-26(36)25-23-22(24-21-8-3-2-5-16(21)13-14-34(24)25)27(37)35(28(23)38)19-7-4-6-17(15-19)29(30,31)32/h2-15,22-25H,1H3,(H,33,36)/t22-,23+,24+,25+/m0/s1. The van der Waals surface area contributed by atoms with Gasteiger partial charge in [-0.05, 0) is 59.7 Å². The van der Waals surface area contributed by atoms with Crippen LogP contribution in [0.4, 0.5) is 24.5 Å². The maximum Gasteiger partial charge on any atom is 0.416 e. The highest BCUT2D eigenvalue weighted by molar-refractivity contribution is 6.24. The lowest BCUT2D eigenvalue weighted by molar-refractivity contribution is -0.137. The molecule has 0 aromatic heterocycles. The third kappa shape index (κ3) is 3.94. The number of fused-ring (bicyclic) bond motifs is 5. The van der Waals surface area contributed by atoms with Gasteiger partial charge in [0.25, 0.3) is 0 Å². The maximum atomic E-state index is 13.8. The molecule has 6 rings (SSSR count). The van der Waals surface area contributed by atoms with Crippen LogP contribution in [0.2, 0.25) is 0 Å². The smallest absolute Gasteiger partial charge is 0.416 e. The zero-order valence-electron chi connectivity index (χ0n) is 20.6. The highest BCUT2D eigenvalue weighted by atomic mass is 19.4. The summed E-state index contributed by atoms with van der Waals surface area (Å²) >= 11 is 0. The van der Waals surface area contributed by atoms with Crippen molar-refractivity contribution in [3.05, 3.63) is 95.7 Å². The van der Waals surface area contributed by atoms with Gasteiger partial charge >= 0.3 is 6.18 Å². The Kier molecular flexibility index (Phi) is 5.71. The van der Waals surface area contributed by atoms with Crippen molar-refractivity contribution in [3.63, 3.8) is 0 Å². The molecule has 7 nitrogen and oxygen atoms in total. The lowest BCUT2D eigenvalue weighted by Gasteiger charge is -2.35. The van der Waals surface area contributed by atoms with Crippen molar-refractivity contribution in [1.29, 1.82) is 0 Å². The molecule has 4 atom stereocenters. The summed E-state index contributed by atoms with van der Waals surface area (Å²) in [6.45, 7) is 0. The molecule has 3 heterocycles. The first kappa shape index (κ1) is 24.7. The van der Waals surface area contributed by atoms with Crippen LogP contribution < -0.4 is 15.0 Å². The highest BCUT2D eigenvalue weighted by Crippen LogP contribution is 2.53. The van der Waals surface area contributed by atoms with Gasteiger partial charge in [-0.3, -0.25) is 14.4 Å². The Morgan fingerprint density at radius 1 is 0.923 bits per heavy atom. The first-order chi connectivity index (χ1) is 18.7. The van der Waals surface area contributed by atoms with Crippen LogP contribution in [0.3, 0.4) is 0 Å². The number of rotatable bonds is 4. The van der Waals surface area contributed by atoms with E-state index >= 15 is 0 Å². The SMILES string of the molecule is COc1ccc(NC(=O)[C@H]2[C@@H]3C(=O)N(c4cccc(C(F)(F)F)c4)C(=O)[C@@H]3[C@H]3c4ccccc4C=CN32)cc1. The largest absolute Gasteiger partial charge is 0.497 e. The monoisotopic (exact) mass is 533 g/mol. The van der Waals surface area contributed by atoms with E-state index in [0.717, 1.165) is 34.2 Å². The summed E-state index contributed by atoms with van der Waals surface area (Å²) in [7, 11) is 1.52. The predicted molar refractivity (Wildman–Crippen MR) is 136 cm³/mol. The summed E-state index contributed by atoms with van der Waals surface area (Å²) in [5.74, 6) is -3.33. The number of carbonyl (C=O) groups excluding carboxylic acids is 3. The molecule has 0 radical (unpaired) electrons. The summed E-state index contributed by atoms with van der Waals surface area (Å²) in [6, 6.07) is 16.4. The van der Waals surface area contributed by atoms with Crippen molar-refractivity contribution >= 4 is 35.2 Å². The van der Waals surface area contributed by atoms with Crippen molar-refractivity contribution in [2.75, 3.05) is 17.3 Å². The average Bonchev–Trinajstić information content (AvgIpc) is 3.41. The Bertz CT molecular complexity index is 1520. The number of carbonyl (C=O) groups is 3. The minimum atomic E-state index is -4.65. The van der Waals surface area contributed by atoms with Gasteiger partial charge in [0.15, 0.2) is 0 Å². The molecule has 3 aliphatic rings. The van der Waals surface area contributed by atoms with E-state index < -0.39 is 53.4 Å². The Balaban J connectivity index is 1.42. The first-order valence-corrected chi connectivity index (χ1v) is 12.2. The number of hydrogen-bond donors (Lipinski definition) is 1. The fourth-order valence-corrected chi connectivity index (χ4v) is 5.82. The first-order valence-electron chi connectivity index (χ1n) is 12.2. The zero-order valence-corrected chi connectivity index (χ0v) is 20.6. The van der Waals surface area contributed by atoms with Crippen LogP contribution in [0.15, 0.2) is 79.0 Å². The fourth-order valence-electron chi connectivity index (χ4n) is 5.82. The zero-order chi connectivity index (χ0) is 27.5. The van der Waals surface area contributed by atoms with E-state index in [1.807, 2.05) is 30.3 Å². The fraction of sp³-hybridized carbons (Fsp3) is 0.207. The number of benzene rings is 3. The normalized spacial score (nSPS) is 23.4. The van der Waals surface area contributed by atoms with Gasteiger partial charge in [0.2, 0.25) is 17.7 Å². The molecule has 39 heavy (non-hydrogen) atoms. The van der Waals surface area contributed by atoms with E-state index in [1.54, 1.807) is 35.4 Å². The van der Waals surface area contributed by atoms with Crippen molar-refractivity contribution in [1.82, 2.24) is 4.90 Å². The minimum absolute atomic E-state index is 0.172. The van der Waals surface area contributed by atoms with E-state index in [0.29, 0.717) is 11.4 Å². The number of methoxy groups -OCH3 is 1. The van der Waals surface area contributed by atoms with Crippen molar-refractivity contribution < 1.29 is 32.3 Å². The van der Waals surface area contributed by atoms with Crippen molar-refractivity contribution in [2.45, 2.75) is 18.3 Å². The predicted octanol–water partition coefficient (Wildman–Crippen LogP) is 4.87. The molecule has 0 saturated carbocycles. The van der Waals surface area contributed by atoms with Gasteiger partial charge in [0.05, 0.1) is 36.2 Å². The van der Waals surface area contributed by atoms with Crippen LogP contribution in [0.5, 0.6) is 5.75 Å². The summed E-state index contributed by atoms with van der Waals surface area (Å²) in [6.07, 6.45) is -1.12. The molecular formula is C29H22F3N3O4. The van der Waals surface area contributed by atoms with Crippen LogP contribution in [0.1, 0.15) is 22.7 Å². The molecule has 0 unspecified atom stereocenters. The van der Waals surface area contributed by atoms with E-state index in [-0.39, 0.29) is 5.69 Å². The number of ether oxygens (including phenoxy) is 1. The molecule has 2 fully saturated rings. The van der Waals surface area contributed by atoms with E-state index in [2.05, 4.69) is 5.32 Å². The summed E-state index contributed by atoms with van der Waals surface area (Å²) in [4.78, 5) is 43.9. The van der Waals surface area contributed by atoms with Gasteiger partial charge in [-0.25, -0.2) is 4.90 Å². The van der Waals surface area contributed by atoms with Crippen molar-refractivity contribution in [3.8, 4) is 5.75 Å². The summed E-state index contributed by atoms with van der Waals surface area (Å²) in [5.41, 5.74) is 0.927. The van der Waals surface area contributed by atoms with Crippen LogP contribution in [0.25, 0.3) is 6.08 Å². The van der Waals surface area contributed by atoms with Gasteiger partial charge in [-0.1, -0.05) is 30.3 Å². The molecule has 1 N–H and O–H groups in total. The van der Waals surface area contributed by atoms with Crippen LogP contribution in [-0.4, -0.2) is 35.8 Å². The Morgan fingerprint density at radius 3 is 2.36 bits per heavy atom. The lowest BCUT2D eigenvalue weighted by Crippen LogP contribution is -2.46. The maximum absolute atomic E-state index is 13.8. The summed E-state index contributed by atoms with van der Waals surface area (Å²) in [5, 5.41) is 2.82. The topological polar surface area (TPSA) is 79.0 Å². The molecule has 198 valence electrons. The van der Waals surface area contributed by atoms with Crippen LogP contribution in [-0.2, 0) is 20.6 Å². The molecule has 2 saturated heterocycles. The summed E-state index contributed by atoms with van der Waals surface area (Å²) < 4.78 is 45.4. The molecule has 10 heteroatoms. The number of anilines is 2. The Hall–Kier alpha value is -4.60. The number of alkyl halides is 3. The van der Waals surface area contributed by atoms with Gasteiger partial charge in [0.1, 0.15) is 11.8 Å². The van der Waals surface area contributed by atoms with E-state index in [4.69, 9.17) is 4.74 Å². The third-order valence-corrected chi connectivity index (χ3v) is 7.52. The lowest BCUT2D eigenvalue weighted by atomic mass is 9.84. The van der Waals surface area contributed by atoms with E-state index in [1.165, 1.54) is 13.2 Å². The average molecular weight is 534 g/mol. The van der Waals surface area contributed by atoms with Crippen LogP contribution >= 0.6 is 0 Å². The van der Waals surface area contributed by atoms with Gasteiger partial charge in [0, 0.05) is 11.9 Å². The second kappa shape index (κ2) is 9.00. The third-order valence-electron chi connectivity index (χ3n) is 7.52. The second-order valence-electron chi connectivity index (χ2n) is 9.61. The van der Waals surface area contributed by atoms with Gasteiger partial charge in [-0.2, -0.15) is 13.2 Å². The molecule has 0 aliphatic carbocycles. The number of nitrogens with one attached hydrogen (secondary N) is 1. The molecular weight excluding hydrogens is 511 g/mol. The van der Waals surface area contributed by atoms with E-state index in [9.17, 15) is 27.6 Å². The van der Waals surface area contributed by atoms with Gasteiger partial charge in [-0.15, -0.1) is 0 Å². The number of nitrogens with zero attached hydrogens (tertiary/aromatic N) is 2. The van der Waals surface area contributed by atoms with Crippen molar-refractivity contribution in [2.24, 2.45) is 11.8 Å². The number of halogens is 3. The number of imide groups is 1. The van der Waals surface area contributed by atoms with Gasteiger partial charge < -0.3 is 15.0 Å². The molecule has 0 spiro atoms. The Labute approximate surface area is 221 Å². The minimum Gasteiger partial charge on any atom is -0.497 e. The second-order valence-corrected chi connectivity index (χ2v) is 9.61. The highest BCUT2D eigenvalue weighted by Gasteiger charge is 2.64. The molecule has 3 aliphatic heterocycles. The molecule has 3 aromatic rings.